The topological polar surface area (TPSA) is 139 Å². The molecule has 7 heteroatoms. The van der Waals surface area contributed by atoms with Crippen molar-refractivity contribution in [1.82, 2.24) is 0 Å². The van der Waals surface area contributed by atoms with Crippen LogP contribution in [0.2, 0.25) is 0 Å². The number of carboxylic acid groups (broad SMARTS) is 2. The molecule has 0 amide bonds. The third-order valence-electron chi connectivity index (χ3n) is 1.13. The van der Waals surface area contributed by atoms with E-state index in [2.05, 4.69) is 0 Å². The van der Waals surface area contributed by atoms with E-state index in [1.165, 1.54) is 0 Å². The molecule has 0 bridgehead atoms. The smallest absolute Gasteiger partial charge is 0.354 e. The van der Waals surface area contributed by atoms with Gasteiger partial charge in [-0.05, 0) is 0 Å². The van der Waals surface area contributed by atoms with Gasteiger partial charge < -0.3 is 20.4 Å². The molecule has 66 valence electrons. The summed E-state index contributed by atoms with van der Waals surface area (Å²) < 4.78 is 0. The van der Waals surface area contributed by atoms with E-state index in [0.717, 1.165) is 6.07 Å². The van der Waals surface area contributed by atoms with Crippen LogP contribution in [0.3, 0.4) is 0 Å². The number of rotatable bonds is 3. The number of aliphatic hydroxyl groups excluding tert-OH is 1. The summed E-state index contributed by atoms with van der Waals surface area (Å²) in [5, 5.41) is 41.6. The highest BCUT2D eigenvalue weighted by Crippen LogP contribution is 2.09. The average Bonchev–Trinajstić information content (AvgIpc) is 2.01. The van der Waals surface area contributed by atoms with Crippen molar-refractivity contribution in [2.24, 2.45) is 0 Å². The Labute approximate surface area is 66.1 Å². The third-order valence-corrected chi connectivity index (χ3v) is 1.13. The van der Waals surface area contributed by atoms with Crippen LogP contribution in [0, 0.1) is 11.3 Å². The summed E-state index contributed by atoms with van der Waals surface area (Å²) in [7, 11) is 0. The lowest BCUT2D eigenvalue weighted by molar-refractivity contribution is -0.174. The molecular weight excluding hydrogens is 170 g/mol. The van der Waals surface area contributed by atoms with E-state index in [0.29, 0.717) is 0 Å². The second-order valence-electron chi connectivity index (χ2n) is 1.92. The summed E-state index contributed by atoms with van der Waals surface area (Å²) in [5.41, 5.74) is -3.30. The summed E-state index contributed by atoms with van der Waals surface area (Å²) in [6.45, 7) is 0. The molecular formula is C5H5NO6. The largest absolute Gasteiger partial charge is 0.479 e. The molecule has 0 fully saturated rings. The minimum Gasteiger partial charge on any atom is -0.479 e. The highest BCUT2D eigenvalue weighted by atomic mass is 16.4. The van der Waals surface area contributed by atoms with E-state index in [1.54, 1.807) is 0 Å². The van der Waals surface area contributed by atoms with Gasteiger partial charge in [0.05, 0.1) is 0 Å². The Morgan fingerprint density at radius 3 is 1.92 bits per heavy atom. The van der Waals surface area contributed by atoms with Crippen LogP contribution in [-0.4, -0.2) is 44.1 Å². The first-order valence-corrected chi connectivity index (χ1v) is 2.64. The highest BCUT2D eigenvalue weighted by Gasteiger charge is 2.48. The van der Waals surface area contributed by atoms with Crippen LogP contribution in [0.25, 0.3) is 0 Å². The minimum atomic E-state index is -3.30. The summed E-state index contributed by atoms with van der Waals surface area (Å²) in [6, 6.07) is 0.784. The average molecular weight is 175 g/mol. The van der Waals surface area contributed by atoms with Crippen LogP contribution in [0.5, 0.6) is 0 Å². The Hall–Kier alpha value is -1.65. The van der Waals surface area contributed by atoms with Gasteiger partial charge in [-0.1, -0.05) is 0 Å². The lowest BCUT2D eigenvalue weighted by Crippen LogP contribution is -2.52. The number of carbonyl (C=O) groups is 2. The quantitative estimate of drug-likeness (QED) is 0.356. The standard InChI is InChI=1S/C5H5NO6/c6-1-5(12,4(10)11)2(7)3(8)9/h2,7,12H,(H,8,9)(H,10,11). The van der Waals surface area contributed by atoms with Gasteiger partial charge in [0, 0.05) is 0 Å². The molecule has 0 rings (SSSR count). The summed E-state index contributed by atoms with van der Waals surface area (Å²) in [5.74, 6) is -4.10. The molecule has 0 radical (unpaired) electrons. The molecule has 0 saturated carbocycles. The SMILES string of the molecule is N#CC(O)(C(=O)O)C(O)C(=O)O. The maximum atomic E-state index is 10.1. The van der Waals surface area contributed by atoms with Gasteiger partial charge in [0.1, 0.15) is 6.07 Å². The maximum absolute atomic E-state index is 10.1. The Balaban J connectivity index is 4.92. The van der Waals surface area contributed by atoms with Crippen molar-refractivity contribution in [3.8, 4) is 6.07 Å². The molecule has 0 aliphatic rings. The molecule has 12 heavy (non-hydrogen) atoms. The molecule has 0 aliphatic carbocycles. The molecule has 7 nitrogen and oxygen atoms in total. The van der Waals surface area contributed by atoms with E-state index in [9.17, 15) is 9.59 Å². The first kappa shape index (κ1) is 10.3. The van der Waals surface area contributed by atoms with Crippen LogP contribution in [-0.2, 0) is 9.59 Å². The number of nitriles is 1. The fraction of sp³-hybridized carbons (Fsp3) is 0.400. The molecule has 0 saturated heterocycles. The van der Waals surface area contributed by atoms with Crippen LogP contribution >= 0.6 is 0 Å². The van der Waals surface area contributed by atoms with Crippen molar-refractivity contribution < 1.29 is 30.0 Å². The molecule has 0 aliphatic heterocycles. The predicted octanol–water partition coefficient (Wildman–Crippen LogP) is -2.23. The maximum Gasteiger partial charge on any atom is 0.354 e. The van der Waals surface area contributed by atoms with Gasteiger partial charge in [-0.3, -0.25) is 0 Å². The van der Waals surface area contributed by atoms with E-state index < -0.39 is 23.6 Å². The summed E-state index contributed by atoms with van der Waals surface area (Å²) in [4.78, 5) is 20.1. The lowest BCUT2D eigenvalue weighted by Gasteiger charge is -2.17. The number of nitrogens with zero attached hydrogens (tertiary/aromatic N) is 1. The van der Waals surface area contributed by atoms with E-state index in [4.69, 9.17) is 25.7 Å². The fourth-order valence-corrected chi connectivity index (χ4v) is 0.405. The first-order chi connectivity index (χ1) is 5.36. The van der Waals surface area contributed by atoms with Gasteiger partial charge in [-0.25, -0.2) is 9.59 Å². The van der Waals surface area contributed by atoms with Crippen LogP contribution in [0.1, 0.15) is 0 Å². The molecule has 4 N–H and O–H groups in total. The van der Waals surface area contributed by atoms with Crippen LogP contribution in [0.15, 0.2) is 0 Å². The summed E-state index contributed by atoms with van der Waals surface area (Å²) in [6.07, 6.45) is -2.67. The molecule has 0 aromatic heterocycles. The zero-order valence-electron chi connectivity index (χ0n) is 5.63. The van der Waals surface area contributed by atoms with Crippen molar-refractivity contribution >= 4 is 11.9 Å². The molecule has 0 aromatic carbocycles. The van der Waals surface area contributed by atoms with Gasteiger partial charge in [-0.2, -0.15) is 5.26 Å². The number of aliphatic hydroxyl groups is 2. The van der Waals surface area contributed by atoms with E-state index in [1.807, 2.05) is 0 Å². The normalized spacial score (nSPS) is 17.1. The Morgan fingerprint density at radius 1 is 1.42 bits per heavy atom. The Kier molecular flexibility index (Phi) is 2.73. The predicted molar refractivity (Wildman–Crippen MR) is 31.8 cm³/mol. The van der Waals surface area contributed by atoms with E-state index >= 15 is 0 Å². The van der Waals surface area contributed by atoms with Gasteiger partial charge in [0.2, 0.25) is 6.10 Å². The molecule has 0 aromatic rings. The monoisotopic (exact) mass is 175 g/mol. The number of carboxylic acids is 2. The molecule has 2 atom stereocenters. The molecule has 2 unspecified atom stereocenters. The lowest BCUT2D eigenvalue weighted by atomic mass is 9.99. The third kappa shape index (κ3) is 1.50. The van der Waals surface area contributed by atoms with Crippen molar-refractivity contribution in [2.75, 3.05) is 0 Å². The fourth-order valence-electron chi connectivity index (χ4n) is 0.405. The Morgan fingerprint density at radius 2 is 1.83 bits per heavy atom. The highest BCUT2D eigenvalue weighted by molar-refractivity contribution is 5.89. The van der Waals surface area contributed by atoms with Crippen molar-refractivity contribution in [1.29, 1.82) is 5.26 Å². The van der Waals surface area contributed by atoms with Crippen molar-refractivity contribution in [3.63, 3.8) is 0 Å². The van der Waals surface area contributed by atoms with Crippen LogP contribution < -0.4 is 0 Å². The molecule has 0 spiro atoms. The van der Waals surface area contributed by atoms with Gasteiger partial charge in [0.25, 0.3) is 5.60 Å². The minimum absolute atomic E-state index is 0.784. The number of hydrogen-bond donors (Lipinski definition) is 4. The zero-order valence-corrected chi connectivity index (χ0v) is 5.63. The van der Waals surface area contributed by atoms with Gasteiger partial charge in [0.15, 0.2) is 0 Å². The van der Waals surface area contributed by atoms with Gasteiger partial charge >= 0.3 is 11.9 Å². The molecule has 0 heterocycles. The first-order valence-electron chi connectivity index (χ1n) is 2.64. The van der Waals surface area contributed by atoms with Crippen LogP contribution in [0.4, 0.5) is 0 Å². The van der Waals surface area contributed by atoms with Crippen molar-refractivity contribution in [2.45, 2.75) is 11.7 Å². The zero-order chi connectivity index (χ0) is 9.94. The number of aliphatic carboxylic acids is 2. The summed E-state index contributed by atoms with van der Waals surface area (Å²) >= 11 is 0. The van der Waals surface area contributed by atoms with Crippen molar-refractivity contribution in [3.05, 3.63) is 0 Å². The second-order valence-corrected chi connectivity index (χ2v) is 1.92. The Bertz CT molecular complexity index is 255. The van der Waals surface area contributed by atoms with Gasteiger partial charge in [-0.15, -0.1) is 0 Å². The second kappa shape index (κ2) is 3.17. The number of hydrogen-bond acceptors (Lipinski definition) is 5. The van der Waals surface area contributed by atoms with E-state index in [-0.39, 0.29) is 0 Å².